The normalized spacial score (nSPS) is 12.7. The first kappa shape index (κ1) is 15.1. The van der Waals surface area contributed by atoms with Crippen LogP contribution >= 0.6 is 11.8 Å². The maximum atomic E-state index is 12.9. The molecule has 1 rings (SSSR count). The molecule has 1 aromatic rings. The van der Waals surface area contributed by atoms with Gasteiger partial charge in [-0.05, 0) is 43.0 Å². The minimum Gasteiger partial charge on any atom is -0.399 e. The largest absolute Gasteiger partial charge is 0.399 e. The van der Waals surface area contributed by atoms with Gasteiger partial charge < -0.3 is 11.1 Å². The Morgan fingerprint density at radius 2 is 2.11 bits per heavy atom. The molecule has 18 heavy (non-hydrogen) atoms. The van der Waals surface area contributed by atoms with Crippen molar-refractivity contribution in [2.45, 2.75) is 32.7 Å². The standard InChI is InChI=1S/C13H20F2N2S/c1-3-18-7-6-9(2)17-12-5-4-10(16)8-11(12)13(14)15/h4-5,8-9,13,17H,3,6-7,16H2,1-2H3. The lowest BCUT2D eigenvalue weighted by molar-refractivity contribution is 0.152. The molecule has 0 saturated heterocycles. The fourth-order valence-electron chi connectivity index (χ4n) is 1.64. The van der Waals surface area contributed by atoms with E-state index in [1.807, 2.05) is 18.7 Å². The summed E-state index contributed by atoms with van der Waals surface area (Å²) in [5.41, 5.74) is 6.35. The second-order valence-corrected chi connectivity index (χ2v) is 5.57. The Hall–Kier alpha value is -0.970. The van der Waals surface area contributed by atoms with Gasteiger partial charge in [0.2, 0.25) is 0 Å². The van der Waals surface area contributed by atoms with E-state index in [1.165, 1.54) is 6.07 Å². The van der Waals surface area contributed by atoms with E-state index in [2.05, 4.69) is 12.2 Å². The molecule has 1 aromatic carbocycles. The van der Waals surface area contributed by atoms with Crippen LogP contribution in [0.3, 0.4) is 0 Å². The van der Waals surface area contributed by atoms with Crippen LogP contribution in [0.5, 0.6) is 0 Å². The lowest BCUT2D eigenvalue weighted by Crippen LogP contribution is -2.17. The molecular weight excluding hydrogens is 254 g/mol. The van der Waals surface area contributed by atoms with Gasteiger partial charge in [0.15, 0.2) is 0 Å². The first-order valence-electron chi connectivity index (χ1n) is 6.06. The number of benzene rings is 1. The molecule has 0 fully saturated rings. The minimum atomic E-state index is -2.51. The number of nitrogens with one attached hydrogen (secondary N) is 1. The third-order valence-corrected chi connectivity index (χ3v) is 3.54. The Kier molecular flexibility index (Phi) is 6.25. The van der Waals surface area contributed by atoms with Crippen LogP contribution < -0.4 is 11.1 Å². The van der Waals surface area contributed by atoms with Gasteiger partial charge >= 0.3 is 0 Å². The highest BCUT2D eigenvalue weighted by molar-refractivity contribution is 7.99. The highest BCUT2D eigenvalue weighted by atomic mass is 32.2. The second kappa shape index (κ2) is 7.46. The van der Waals surface area contributed by atoms with E-state index in [9.17, 15) is 8.78 Å². The number of hydrogen-bond acceptors (Lipinski definition) is 3. The van der Waals surface area contributed by atoms with Crippen LogP contribution in [0.15, 0.2) is 18.2 Å². The number of rotatable bonds is 7. The summed E-state index contributed by atoms with van der Waals surface area (Å²) in [7, 11) is 0. The van der Waals surface area contributed by atoms with Crippen molar-refractivity contribution in [1.29, 1.82) is 0 Å². The summed E-state index contributed by atoms with van der Waals surface area (Å²) in [6.45, 7) is 4.11. The Labute approximate surface area is 111 Å². The summed E-state index contributed by atoms with van der Waals surface area (Å²) in [5.74, 6) is 2.11. The van der Waals surface area contributed by atoms with Gasteiger partial charge in [-0.1, -0.05) is 6.92 Å². The zero-order valence-corrected chi connectivity index (χ0v) is 11.6. The Bertz CT molecular complexity index is 372. The molecule has 0 heterocycles. The summed E-state index contributed by atoms with van der Waals surface area (Å²) in [4.78, 5) is 0. The average Bonchev–Trinajstić information content (AvgIpc) is 2.31. The molecule has 0 aliphatic rings. The fourth-order valence-corrected chi connectivity index (χ4v) is 2.44. The number of hydrogen-bond donors (Lipinski definition) is 2. The van der Waals surface area contributed by atoms with Crippen LogP contribution in [0.1, 0.15) is 32.3 Å². The van der Waals surface area contributed by atoms with Crippen LogP contribution in [0.25, 0.3) is 0 Å². The SMILES string of the molecule is CCSCCC(C)Nc1ccc(N)cc1C(F)F. The molecule has 0 amide bonds. The number of anilines is 2. The monoisotopic (exact) mass is 274 g/mol. The van der Waals surface area contributed by atoms with Gasteiger partial charge in [-0.15, -0.1) is 0 Å². The van der Waals surface area contributed by atoms with Crippen LogP contribution in [0.2, 0.25) is 0 Å². The minimum absolute atomic E-state index is 0.0232. The molecule has 1 unspecified atom stereocenters. The maximum Gasteiger partial charge on any atom is 0.265 e. The first-order chi connectivity index (χ1) is 8.54. The summed E-state index contributed by atoms with van der Waals surface area (Å²) in [5, 5.41) is 3.13. The lowest BCUT2D eigenvalue weighted by Gasteiger charge is -2.18. The Balaban J connectivity index is 2.65. The molecule has 0 bridgehead atoms. The van der Waals surface area contributed by atoms with Crippen molar-refractivity contribution >= 4 is 23.1 Å². The van der Waals surface area contributed by atoms with Crippen LogP contribution in [-0.4, -0.2) is 17.5 Å². The maximum absolute atomic E-state index is 12.9. The summed E-state index contributed by atoms with van der Waals surface area (Å²) in [6, 6.07) is 4.77. The second-order valence-electron chi connectivity index (χ2n) is 4.18. The predicted molar refractivity (Wildman–Crippen MR) is 76.5 cm³/mol. The first-order valence-corrected chi connectivity index (χ1v) is 7.22. The molecule has 0 aliphatic carbocycles. The highest BCUT2D eigenvalue weighted by Crippen LogP contribution is 2.29. The van der Waals surface area contributed by atoms with E-state index in [1.54, 1.807) is 12.1 Å². The van der Waals surface area contributed by atoms with Crippen LogP contribution in [0.4, 0.5) is 20.2 Å². The third kappa shape index (κ3) is 4.72. The molecule has 2 nitrogen and oxygen atoms in total. The average molecular weight is 274 g/mol. The zero-order valence-electron chi connectivity index (χ0n) is 10.7. The third-order valence-electron chi connectivity index (χ3n) is 2.61. The van der Waals surface area contributed by atoms with Crippen molar-refractivity contribution in [3.05, 3.63) is 23.8 Å². The van der Waals surface area contributed by atoms with E-state index in [0.717, 1.165) is 17.9 Å². The van der Waals surface area contributed by atoms with E-state index < -0.39 is 6.43 Å². The smallest absolute Gasteiger partial charge is 0.265 e. The molecule has 0 spiro atoms. The number of thioether (sulfide) groups is 1. The molecule has 0 aromatic heterocycles. The van der Waals surface area contributed by atoms with Gasteiger partial charge in [0.05, 0.1) is 0 Å². The molecule has 5 heteroatoms. The Morgan fingerprint density at radius 1 is 1.39 bits per heavy atom. The lowest BCUT2D eigenvalue weighted by atomic mass is 10.1. The predicted octanol–water partition coefficient (Wildman–Crippen LogP) is 4.15. The van der Waals surface area contributed by atoms with E-state index >= 15 is 0 Å². The molecule has 0 saturated carbocycles. The molecule has 0 radical (unpaired) electrons. The molecular formula is C13H20F2N2S. The van der Waals surface area contributed by atoms with Crippen molar-refractivity contribution in [3.63, 3.8) is 0 Å². The number of halogens is 2. The molecule has 0 aliphatic heterocycles. The van der Waals surface area contributed by atoms with Crippen molar-refractivity contribution in [1.82, 2.24) is 0 Å². The van der Waals surface area contributed by atoms with Crippen molar-refractivity contribution in [3.8, 4) is 0 Å². The molecule has 102 valence electrons. The van der Waals surface area contributed by atoms with Gasteiger partial charge in [0.1, 0.15) is 0 Å². The summed E-state index contributed by atoms with van der Waals surface area (Å²) >= 11 is 1.85. The zero-order chi connectivity index (χ0) is 13.5. The number of nitrogen functional groups attached to an aromatic ring is 1. The van der Waals surface area contributed by atoms with Crippen molar-refractivity contribution in [2.75, 3.05) is 22.6 Å². The van der Waals surface area contributed by atoms with Crippen molar-refractivity contribution in [2.24, 2.45) is 0 Å². The van der Waals surface area contributed by atoms with Crippen LogP contribution in [0, 0.1) is 0 Å². The summed E-state index contributed by atoms with van der Waals surface area (Å²) in [6.07, 6.45) is -1.56. The van der Waals surface area contributed by atoms with E-state index in [0.29, 0.717) is 11.4 Å². The molecule has 1 atom stereocenters. The van der Waals surface area contributed by atoms with E-state index in [-0.39, 0.29) is 11.6 Å². The van der Waals surface area contributed by atoms with Gasteiger partial charge in [-0.25, -0.2) is 8.78 Å². The number of nitrogens with two attached hydrogens (primary N) is 1. The van der Waals surface area contributed by atoms with Gasteiger partial charge in [-0.3, -0.25) is 0 Å². The summed E-state index contributed by atoms with van der Waals surface area (Å²) < 4.78 is 25.7. The van der Waals surface area contributed by atoms with Gasteiger partial charge in [0.25, 0.3) is 6.43 Å². The molecule has 3 N–H and O–H groups in total. The van der Waals surface area contributed by atoms with Crippen molar-refractivity contribution < 1.29 is 8.78 Å². The van der Waals surface area contributed by atoms with Gasteiger partial charge in [-0.2, -0.15) is 11.8 Å². The fraction of sp³-hybridized carbons (Fsp3) is 0.538. The quantitative estimate of drug-likeness (QED) is 0.579. The highest BCUT2D eigenvalue weighted by Gasteiger charge is 2.14. The number of alkyl halides is 2. The van der Waals surface area contributed by atoms with E-state index in [4.69, 9.17) is 5.73 Å². The van der Waals surface area contributed by atoms with Gasteiger partial charge in [0, 0.05) is 23.0 Å². The topological polar surface area (TPSA) is 38.0 Å². The Morgan fingerprint density at radius 3 is 2.72 bits per heavy atom. The van der Waals surface area contributed by atoms with Crippen LogP contribution in [-0.2, 0) is 0 Å².